The van der Waals surface area contributed by atoms with Crippen LogP contribution < -0.4 is 5.32 Å². The Hall–Kier alpha value is -2.85. The number of urea groups is 1. The Balaban J connectivity index is 1.66. The molecule has 0 radical (unpaired) electrons. The van der Waals surface area contributed by atoms with Crippen LogP contribution in [0, 0.1) is 0 Å². The Morgan fingerprint density at radius 1 is 0.962 bits per heavy atom. The molecule has 1 atom stereocenters. The summed E-state index contributed by atoms with van der Waals surface area (Å²) in [5.74, 6) is -0.257. The lowest BCUT2D eigenvalue weighted by Gasteiger charge is -2.22. The molecule has 1 fully saturated rings. The fraction of sp³-hybridized carbons (Fsp3) is 0.143. The number of benzene rings is 3. The molecule has 26 heavy (non-hydrogen) atoms. The minimum Gasteiger partial charge on any atom is -0.319 e. The summed E-state index contributed by atoms with van der Waals surface area (Å²) in [5, 5.41) is 5.60. The fourth-order valence-corrected chi connectivity index (χ4v) is 3.43. The number of halogens is 1. The molecule has 0 spiro atoms. The topological polar surface area (TPSA) is 49.4 Å². The van der Waals surface area contributed by atoms with Gasteiger partial charge in [-0.05, 0) is 47.0 Å². The molecule has 4 nitrogen and oxygen atoms in total. The van der Waals surface area contributed by atoms with Crippen molar-refractivity contribution < 1.29 is 9.59 Å². The third kappa shape index (κ3) is 2.72. The van der Waals surface area contributed by atoms with E-state index >= 15 is 0 Å². The number of nitrogens with zero attached hydrogens (tertiary/aromatic N) is 1. The number of fused-ring (bicyclic) bond motifs is 1. The summed E-state index contributed by atoms with van der Waals surface area (Å²) in [5.41, 5.74) is 0.543. The van der Waals surface area contributed by atoms with E-state index in [1.807, 2.05) is 54.6 Å². The van der Waals surface area contributed by atoms with E-state index in [1.165, 1.54) is 4.90 Å². The van der Waals surface area contributed by atoms with Gasteiger partial charge in [0.15, 0.2) is 0 Å². The Morgan fingerprint density at radius 2 is 1.65 bits per heavy atom. The van der Waals surface area contributed by atoms with Crippen molar-refractivity contribution in [1.29, 1.82) is 0 Å². The molecule has 0 bridgehead atoms. The van der Waals surface area contributed by atoms with E-state index in [-0.39, 0.29) is 18.5 Å². The molecule has 130 valence electrons. The summed E-state index contributed by atoms with van der Waals surface area (Å²) in [7, 11) is 0. The van der Waals surface area contributed by atoms with Gasteiger partial charge in [-0.2, -0.15) is 0 Å². The third-order valence-electron chi connectivity index (χ3n) is 4.86. The number of hydrogen-bond acceptors (Lipinski definition) is 2. The first-order valence-electron chi connectivity index (χ1n) is 8.35. The monoisotopic (exact) mass is 364 g/mol. The molecular formula is C21H17ClN2O2. The Labute approximate surface area is 156 Å². The lowest BCUT2D eigenvalue weighted by atomic mass is 9.90. The quantitative estimate of drug-likeness (QED) is 0.697. The minimum atomic E-state index is -1.08. The zero-order chi connectivity index (χ0) is 18.3. The maximum atomic E-state index is 13.1. The SMILES string of the molecule is CC1(c2ccc3ccccc3c2)NC(=O)N(Cc2ccc(Cl)cc2)C1=O. The smallest absolute Gasteiger partial charge is 0.319 e. The maximum absolute atomic E-state index is 13.1. The molecule has 1 unspecified atom stereocenters. The fourth-order valence-electron chi connectivity index (χ4n) is 3.31. The molecule has 1 saturated heterocycles. The highest BCUT2D eigenvalue weighted by Gasteiger charge is 2.48. The van der Waals surface area contributed by atoms with E-state index < -0.39 is 5.54 Å². The predicted octanol–water partition coefficient (Wildman–Crippen LogP) is 4.46. The van der Waals surface area contributed by atoms with Crippen LogP contribution in [0.4, 0.5) is 4.79 Å². The minimum absolute atomic E-state index is 0.213. The van der Waals surface area contributed by atoms with Crippen LogP contribution >= 0.6 is 11.6 Å². The highest BCUT2D eigenvalue weighted by molar-refractivity contribution is 6.30. The first-order chi connectivity index (χ1) is 12.5. The molecule has 0 saturated carbocycles. The molecule has 0 aromatic heterocycles. The number of nitrogens with one attached hydrogen (secondary N) is 1. The van der Waals surface area contributed by atoms with Gasteiger partial charge >= 0.3 is 6.03 Å². The van der Waals surface area contributed by atoms with Crippen molar-refractivity contribution in [3.8, 4) is 0 Å². The Kier molecular flexibility index (Phi) is 3.93. The first-order valence-corrected chi connectivity index (χ1v) is 8.73. The van der Waals surface area contributed by atoms with Crippen molar-refractivity contribution in [3.63, 3.8) is 0 Å². The van der Waals surface area contributed by atoms with Crippen molar-refractivity contribution in [2.24, 2.45) is 0 Å². The summed E-state index contributed by atoms with van der Waals surface area (Å²) in [6.07, 6.45) is 0. The lowest BCUT2D eigenvalue weighted by Crippen LogP contribution is -2.40. The third-order valence-corrected chi connectivity index (χ3v) is 5.11. The van der Waals surface area contributed by atoms with Crippen LogP contribution in [-0.4, -0.2) is 16.8 Å². The second-order valence-electron chi connectivity index (χ2n) is 6.63. The van der Waals surface area contributed by atoms with E-state index in [0.29, 0.717) is 5.02 Å². The summed E-state index contributed by atoms with van der Waals surface area (Å²) in [6, 6.07) is 20.5. The van der Waals surface area contributed by atoms with Gasteiger partial charge in [0.05, 0.1) is 6.54 Å². The van der Waals surface area contributed by atoms with Crippen molar-refractivity contribution in [1.82, 2.24) is 10.2 Å². The summed E-state index contributed by atoms with van der Waals surface area (Å²) < 4.78 is 0. The summed E-state index contributed by atoms with van der Waals surface area (Å²) >= 11 is 5.90. The van der Waals surface area contributed by atoms with Gasteiger partial charge in [-0.25, -0.2) is 4.79 Å². The largest absolute Gasteiger partial charge is 0.325 e. The predicted molar refractivity (Wildman–Crippen MR) is 102 cm³/mol. The average molecular weight is 365 g/mol. The van der Waals surface area contributed by atoms with E-state index in [2.05, 4.69) is 5.32 Å². The number of imide groups is 1. The lowest BCUT2D eigenvalue weighted by molar-refractivity contribution is -0.131. The first kappa shape index (κ1) is 16.6. The van der Waals surface area contributed by atoms with Gasteiger partial charge in [0.2, 0.25) is 0 Å². The molecule has 3 amide bonds. The molecule has 5 heteroatoms. The van der Waals surface area contributed by atoms with Crippen LogP contribution in [0.15, 0.2) is 66.7 Å². The summed E-state index contributed by atoms with van der Waals surface area (Å²) in [4.78, 5) is 26.8. The van der Waals surface area contributed by atoms with Gasteiger partial charge in [-0.3, -0.25) is 9.69 Å². The van der Waals surface area contributed by atoms with Gasteiger partial charge in [-0.15, -0.1) is 0 Å². The van der Waals surface area contributed by atoms with Crippen LogP contribution in [0.5, 0.6) is 0 Å². The molecule has 3 aromatic rings. The maximum Gasteiger partial charge on any atom is 0.325 e. The Bertz CT molecular complexity index is 1020. The van der Waals surface area contributed by atoms with E-state index in [1.54, 1.807) is 19.1 Å². The van der Waals surface area contributed by atoms with Gasteiger partial charge in [0.25, 0.3) is 5.91 Å². The van der Waals surface area contributed by atoms with E-state index in [0.717, 1.165) is 21.9 Å². The second kappa shape index (κ2) is 6.15. The highest BCUT2D eigenvalue weighted by Crippen LogP contribution is 2.31. The highest BCUT2D eigenvalue weighted by atomic mass is 35.5. The van der Waals surface area contributed by atoms with Crippen molar-refractivity contribution in [2.75, 3.05) is 0 Å². The number of hydrogen-bond donors (Lipinski definition) is 1. The molecule has 1 aliphatic rings. The van der Waals surface area contributed by atoms with Gasteiger partial charge in [0.1, 0.15) is 5.54 Å². The van der Waals surface area contributed by atoms with Crippen molar-refractivity contribution >= 4 is 34.3 Å². The standard InChI is InChI=1S/C21H17ClN2O2/c1-21(17-9-8-15-4-2-3-5-16(15)12-17)19(25)24(20(26)23-21)13-14-6-10-18(22)11-7-14/h2-12H,13H2,1H3,(H,23,26). The molecule has 0 aliphatic carbocycles. The Morgan fingerprint density at radius 3 is 2.38 bits per heavy atom. The molecular weight excluding hydrogens is 348 g/mol. The van der Waals surface area contributed by atoms with E-state index in [4.69, 9.17) is 11.6 Å². The van der Waals surface area contributed by atoms with Crippen LogP contribution in [-0.2, 0) is 16.9 Å². The summed E-state index contributed by atoms with van der Waals surface area (Å²) in [6.45, 7) is 1.96. The van der Waals surface area contributed by atoms with E-state index in [9.17, 15) is 9.59 Å². The van der Waals surface area contributed by atoms with Crippen LogP contribution in [0.1, 0.15) is 18.1 Å². The van der Waals surface area contributed by atoms with Gasteiger partial charge < -0.3 is 5.32 Å². The zero-order valence-electron chi connectivity index (χ0n) is 14.2. The van der Waals surface area contributed by atoms with Crippen molar-refractivity contribution in [2.45, 2.75) is 19.0 Å². The number of rotatable bonds is 3. The molecule has 1 heterocycles. The zero-order valence-corrected chi connectivity index (χ0v) is 15.0. The van der Waals surface area contributed by atoms with Crippen molar-refractivity contribution in [3.05, 3.63) is 82.9 Å². The molecule has 1 N–H and O–H groups in total. The average Bonchev–Trinajstić information content (AvgIpc) is 2.87. The number of amides is 3. The van der Waals surface area contributed by atoms with Crippen LogP contribution in [0.2, 0.25) is 5.02 Å². The molecule has 1 aliphatic heterocycles. The van der Waals surface area contributed by atoms with Gasteiger partial charge in [0, 0.05) is 5.02 Å². The number of carbonyl (C=O) groups excluding carboxylic acids is 2. The second-order valence-corrected chi connectivity index (χ2v) is 7.07. The van der Waals surface area contributed by atoms with Crippen LogP contribution in [0.3, 0.4) is 0 Å². The molecule has 3 aromatic carbocycles. The van der Waals surface area contributed by atoms with Crippen LogP contribution in [0.25, 0.3) is 10.8 Å². The van der Waals surface area contributed by atoms with Gasteiger partial charge in [-0.1, -0.05) is 60.1 Å². The number of carbonyl (C=O) groups is 2. The molecule has 4 rings (SSSR count). The normalized spacial score (nSPS) is 19.8.